The molecule has 2 heteroatoms. The molecule has 31 heavy (non-hydrogen) atoms. The summed E-state index contributed by atoms with van der Waals surface area (Å²) in [5.41, 5.74) is 1.39. The Morgan fingerprint density at radius 2 is 1.58 bits per heavy atom. The molecule has 4 rings (SSSR count). The van der Waals surface area contributed by atoms with Gasteiger partial charge < -0.3 is 9.47 Å². The maximum atomic E-state index is 6.77. The molecule has 0 radical (unpaired) electrons. The molecule has 0 spiro atoms. The van der Waals surface area contributed by atoms with E-state index in [1.165, 1.54) is 44.1 Å². The van der Waals surface area contributed by atoms with E-state index in [1.54, 1.807) is 0 Å². The minimum absolute atomic E-state index is 0.0479. The Bertz CT molecular complexity index is 713. The average molecular weight is 427 g/mol. The molecule has 174 valence electrons. The van der Waals surface area contributed by atoms with Crippen LogP contribution in [0, 0.1) is 40.9 Å². The van der Waals surface area contributed by atoms with Crippen molar-refractivity contribution in [2.75, 3.05) is 0 Å². The van der Waals surface area contributed by atoms with E-state index in [2.05, 4.69) is 72.7 Å². The molecule has 7 atom stereocenters. The zero-order valence-electron chi connectivity index (χ0n) is 21.1. The summed E-state index contributed by atoms with van der Waals surface area (Å²) in [6.45, 7) is 16.1. The highest BCUT2D eigenvalue weighted by atomic mass is 16.7. The number of rotatable bonds is 8. The molecule has 0 aliphatic heterocycles. The summed E-state index contributed by atoms with van der Waals surface area (Å²) < 4.78 is 13.3. The maximum absolute atomic E-state index is 6.77. The van der Waals surface area contributed by atoms with Crippen molar-refractivity contribution in [1.29, 1.82) is 0 Å². The first-order chi connectivity index (χ1) is 14.6. The molecule has 3 saturated carbocycles. The number of benzene rings is 1. The topological polar surface area (TPSA) is 18.5 Å². The molecule has 0 amide bonds. The molecule has 1 aromatic carbocycles. The van der Waals surface area contributed by atoms with Crippen LogP contribution in [0.15, 0.2) is 24.3 Å². The van der Waals surface area contributed by atoms with Gasteiger partial charge in [0.25, 0.3) is 0 Å². The smallest absolute Gasteiger partial charge is 0.204 e. The van der Waals surface area contributed by atoms with Gasteiger partial charge in [-0.2, -0.15) is 0 Å². The van der Waals surface area contributed by atoms with Crippen LogP contribution in [-0.4, -0.2) is 12.4 Å². The van der Waals surface area contributed by atoms with Gasteiger partial charge in [-0.05, 0) is 91.2 Å². The molecule has 3 aliphatic rings. The third kappa shape index (κ3) is 5.00. The Kier molecular flexibility index (Phi) is 6.78. The molecule has 3 aliphatic carbocycles. The van der Waals surface area contributed by atoms with Gasteiger partial charge in [0, 0.05) is 5.41 Å². The van der Waals surface area contributed by atoms with Crippen LogP contribution < -0.4 is 4.74 Å². The molecule has 1 aromatic rings. The van der Waals surface area contributed by atoms with Gasteiger partial charge in [-0.1, -0.05) is 67.0 Å². The first kappa shape index (κ1) is 23.1. The van der Waals surface area contributed by atoms with Crippen LogP contribution >= 0.6 is 0 Å². The Labute approximate surface area is 191 Å². The lowest BCUT2D eigenvalue weighted by molar-refractivity contribution is -0.187. The molecule has 3 fully saturated rings. The number of ether oxygens (including phenoxy) is 2. The van der Waals surface area contributed by atoms with Crippen molar-refractivity contribution in [3.63, 3.8) is 0 Å². The average Bonchev–Trinajstić information content (AvgIpc) is 3.38. The fourth-order valence-corrected chi connectivity index (χ4v) is 6.95. The van der Waals surface area contributed by atoms with Gasteiger partial charge in [-0.3, -0.25) is 0 Å². The normalized spacial score (nSPS) is 32.0. The van der Waals surface area contributed by atoms with Crippen molar-refractivity contribution in [1.82, 2.24) is 0 Å². The third-order valence-corrected chi connectivity index (χ3v) is 8.45. The van der Waals surface area contributed by atoms with Crippen LogP contribution in [-0.2, 0) is 4.74 Å². The second-order valence-electron chi connectivity index (χ2n) is 12.7. The second kappa shape index (κ2) is 9.08. The molecule has 0 saturated heterocycles. The van der Waals surface area contributed by atoms with Gasteiger partial charge in [0.15, 0.2) is 0 Å². The van der Waals surface area contributed by atoms with Crippen molar-refractivity contribution in [3.05, 3.63) is 29.8 Å². The van der Waals surface area contributed by atoms with Crippen molar-refractivity contribution >= 4 is 0 Å². The molecular weight excluding hydrogens is 380 g/mol. The molecule has 0 N–H and O–H groups in total. The predicted octanol–water partition coefficient (Wildman–Crippen LogP) is 8.06. The van der Waals surface area contributed by atoms with E-state index in [4.69, 9.17) is 9.47 Å². The lowest BCUT2D eigenvalue weighted by Gasteiger charge is -2.38. The SMILES string of the molecule is CC(C)CC(c1ccc(OC(OC2CC3CC2C2CCCC32)C(C)(C)C)cc1)C(C)C. The monoisotopic (exact) mass is 426 g/mol. The summed E-state index contributed by atoms with van der Waals surface area (Å²) in [5, 5.41) is 0. The van der Waals surface area contributed by atoms with Gasteiger partial charge in [-0.15, -0.1) is 0 Å². The van der Waals surface area contributed by atoms with Crippen molar-refractivity contribution in [2.24, 2.45) is 40.9 Å². The lowest BCUT2D eigenvalue weighted by Crippen LogP contribution is -2.41. The predicted molar refractivity (Wildman–Crippen MR) is 129 cm³/mol. The summed E-state index contributed by atoms with van der Waals surface area (Å²) in [7, 11) is 0. The molecule has 7 unspecified atom stereocenters. The largest absolute Gasteiger partial charge is 0.464 e. The van der Waals surface area contributed by atoms with Crippen LogP contribution in [0.2, 0.25) is 0 Å². The zero-order valence-corrected chi connectivity index (χ0v) is 21.1. The van der Waals surface area contributed by atoms with E-state index in [9.17, 15) is 0 Å². The van der Waals surface area contributed by atoms with E-state index in [0.717, 1.165) is 29.4 Å². The van der Waals surface area contributed by atoms with E-state index < -0.39 is 0 Å². The highest BCUT2D eigenvalue weighted by molar-refractivity contribution is 5.30. The minimum atomic E-state index is -0.195. The van der Waals surface area contributed by atoms with E-state index in [0.29, 0.717) is 23.9 Å². The molecule has 0 aromatic heterocycles. The summed E-state index contributed by atoms with van der Waals surface area (Å²) >= 11 is 0. The van der Waals surface area contributed by atoms with E-state index >= 15 is 0 Å². The Balaban J connectivity index is 1.43. The molecule has 2 bridgehead atoms. The first-order valence-corrected chi connectivity index (χ1v) is 13.1. The number of hydrogen-bond donors (Lipinski definition) is 0. The van der Waals surface area contributed by atoms with E-state index in [1.807, 2.05) is 0 Å². The standard InChI is InChI=1S/C29H46O2/c1-18(2)15-25(19(3)4)20-11-13-22(14-12-20)30-28(29(5,6)7)31-27-17-21-16-26(27)24-10-8-9-23(21)24/h11-14,18-19,21,23-28H,8-10,15-17H2,1-7H3. The second-order valence-corrected chi connectivity index (χ2v) is 12.7. The number of fused-ring (bicyclic) bond motifs is 5. The molecule has 0 heterocycles. The van der Waals surface area contributed by atoms with Crippen LogP contribution in [0.25, 0.3) is 0 Å². The van der Waals surface area contributed by atoms with Crippen LogP contribution in [0.3, 0.4) is 0 Å². The maximum Gasteiger partial charge on any atom is 0.204 e. The van der Waals surface area contributed by atoms with Gasteiger partial charge >= 0.3 is 0 Å². The van der Waals surface area contributed by atoms with Crippen molar-refractivity contribution < 1.29 is 9.47 Å². The van der Waals surface area contributed by atoms with Gasteiger partial charge in [0.05, 0.1) is 6.10 Å². The van der Waals surface area contributed by atoms with E-state index in [-0.39, 0.29) is 11.7 Å². The van der Waals surface area contributed by atoms with Gasteiger partial charge in [0.2, 0.25) is 6.29 Å². The third-order valence-electron chi connectivity index (χ3n) is 8.45. The Morgan fingerprint density at radius 1 is 0.903 bits per heavy atom. The summed E-state index contributed by atoms with van der Waals surface area (Å²) in [6.07, 6.45) is 8.43. The Hall–Kier alpha value is -1.02. The van der Waals surface area contributed by atoms with Gasteiger partial charge in [0.1, 0.15) is 5.75 Å². The fraction of sp³-hybridized carbons (Fsp3) is 0.793. The summed E-state index contributed by atoms with van der Waals surface area (Å²) in [5.74, 6) is 6.53. The van der Waals surface area contributed by atoms with Crippen LogP contribution in [0.5, 0.6) is 5.75 Å². The highest BCUT2D eigenvalue weighted by Crippen LogP contribution is 2.59. The van der Waals surface area contributed by atoms with Crippen molar-refractivity contribution in [3.8, 4) is 5.75 Å². The number of hydrogen-bond acceptors (Lipinski definition) is 2. The summed E-state index contributed by atoms with van der Waals surface area (Å²) in [4.78, 5) is 0. The fourth-order valence-electron chi connectivity index (χ4n) is 6.95. The highest BCUT2D eigenvalue weighted by Gasteiger charge is 2.55. The quantitative estimate of drug-likeness (QED) is 0.391. The van der Waals surface area contributed by atoms with Gasteiger partial charge in [-0.25, -0.2) is 0 Å². The molecule has 2 nitrogen and oxygen atoms in total. The molecular formula is C29H46O2. The zero-order chi connectivity index (χ0) is 22.3. The van der Waals surface area contributed by atoms with Crippen LogP contribution in [0.4, 0.5) is 0 Å². The summed E-state index contributed by atoms with van der Waals surface area (Å²) in [6, 6.07) is 8.90. The van der Waals surface area contributed by atoms with Crippen molar-refractivity contribution in [2.45, 2.75) is 105 Å². The lowest BCUT2D eigenvalue weighted by atomic mass is 9.80. The Morgan fingerprint density at radius 3 is 2.19 bits per heavy atom. The van der Waals surface area contributed by atoms with Crippen LogP contribution in [0.1, 0.15) is 98.5 Å². The minimum Gasteiger partial charge on any atom is -0.464 e. The first-order valence-electron chi connectivity index (χ1n) is 13.1.